The molecule has 0 spiro atoms. The van der Waals surface area contributed by atoms with Gasteiger partial charge in [-0.2, -0.15) is 0 Å². The number of nitrogens with one attached hydrogen (secondary N) is 1. The van der Waals surface area contributed by atoms with Crippen LogP contribution >= 0.6 is 11.8 Å². The number of thioether (sulfide) groups is 1. The van der Waals surface area contributed by atoms with E-state index in [2.05, 4.69) is 20.5 Å². The van der Waals surface area contributed by atoms with Crippen molar-refractivity contribution in [3.63, 3.8) is 0 Å². The van der Waals surface area contributed by atoms with Crippen molar-refractivity contribution in [1.29, 1.82) is 0 Å². The average molecular weight is 419 g/mol. The van der Waals surface area contributed by atoms with Gasteiger partial charge in [-0.25, -0.2) is 4.39 Å². The molecule has 2 heterocycles. The summed E-state index contributed by atoms with van der Waals surface area (Å²) >= 11 is 1.27. The second kappa shape index (κ2) is 9.32. The van der Waals surface area contributed by atoms with E-state index in [0.717, 1.165) is 11.3 Å². The van der Waals surface area contributed by atoms with Crippen molar-refractivity contribution in [2.24, 2.45) is 0 Å². The summed E-state index contributed by atoms with van der Waals surface area (Å²) in [4.78, 5) is 16.5. The van der Waals surface area contributed by atoms with Gasteiger partial charge in [-0.05, 0) is 30.3 Å². The van der Waals surface area contributed by atoms with Crippen LogP contribution < -0.4 is 5.32 Å². The predicted octanol–water partition coefficient (Wildman–Crippen LogP) is 3.88. The SMILES string of the molecule is O=C(CSc1nnc(-c2cccnc2)n1-c1ccccc1)NCc1ccccc1F. The van der Waals surface area contributed by atoms with Crippen LogP contribution in [0.2, 0.25) is 0 Å². The minimum atomic E-state index is -0.338. The summed E-state index contributed by atoms with van der Waals surface area (Å²) in [6.07, 6.45) is 3.42. The minimum Gasteiger partial charge on any atom is -0.351 e. The predicted molar refractivity (Wildman–Crippen MR) is 114 cm³/mol. The summed E-state index contributed by atoms with van der Waals surface area (Å²) in [6, 6.07) is 19.8. The highest BCUT2D eigenvalue weighted by Crippen LogP contribution is 2.27. The van der Waals surface area contributed by atoms with Crippen LogP contribution in [0.25, 0.3) is 17.1 Å². The van der Waals surface area contributed by atoms with Gasteiger partial charge in [0.2, 0.25) is 5.91 Å². The summed E-state index contributed by atoms with van der Waals surface area (Å²) in [6.45, 7) is 0.137. The molecule has 30 heavy (non-hydrogen) atoms. The fourth-order valence-electron chi connectivity index (χ4n) is 2.87. The van der Waals surface area contributed by atoms with Gasteiger partial charge >= 0.3 is 0 Å². The standard InChI is InChI=1S/C22H18FN5OS/c23-19-11-5-4-7-16(19)14-25-20(29)15-30-22-27-26-21(17-8-6-12-24-13-17)28(22)18-9-2-1-3-10-18/h1-13H,14-15H2,(H,25,29). The topological polar surface area (TPSA) is 72.7 Å². The van der Waals surface area contributed by atoms with Crippen molar-refractivity contribution >= 4 is 17.7 Å². The Labute approximate surface area is 177 Å². The van der Waals surface area contributed by atoms with E-state index in [1.165, 1.54) is 17.8 Å². The molecule has 8 heteroatoms. The van der Waals surface area contributed by atoms with E-state index in [0.29, 0.717) is 16.5 Å². The Hall–Kier alpha value is -3.52. The molecule has 6 nitrogen and oxygen atoms in total. The number of para-hydroxylation sites is 1. The lowest BCUT2D eigenvalue weighted by Gasteiger charge is -2.10. The maximum absolute atomic E-state index is 13.7. The maximum atomic E-state index is 13.7. The molecule has 0 saturated carbocycles. The zero-order valence-corrected chi connectivity index (χ0v) is 16.7. The number of amides is 1. The first kappa shape index (κ1) is 19.8. The number of benzene rings is 2. The van der Waals surface area contributed by atoms with E-state index in [1.807, 2.05) is 47.0 Å². The molecule has 1 N–H and O–H groups in total. The van der Waals surface area contributed by atoms with Crippen LogP contribution in [0.3, 0.4) is 0 Å². The Bertz CT molecular complexity index is 1130. The molecule has 0 aliphatic heterocycles. The summed E-state index contributed by atoms with van der Waals surface area (Å²) < 4.78 is 15.6. The molecule has 4 rings (SSSR count). The molecule has 0 unspecified atom stereocenters. The Morgan fingerprint density at radius 3 is 2.57 bits per heavy atom. The quantitative estimate of drug-likeness (QED) is 0.460. The Kier molecular flexibility index (Phi) is 6.14. The molecule has 0 radical (unpaired) electrons. The molecule has 0 aliphatic carbocycles. The molecule has 2 aromatic heterocycles. The second-order valence-electron chi connectivity index (χ2n) is 6.38. The summed E-state index contributed by atoms with van der Waals surface area (Å²) in [7, 11) is 0. The first-order valence-electron chi connectivity index (χ1n) is 9.26. The van der Waals surface area contributed by atoms with Crippen molar-refractivity contribution in [3.8, 4) is 17.1 Å². The Morgan fingerprint density at radius 1 is 1.00 bits per heavy atom. The van der Waals surface area contributed by atoms with E-state index in [9.17, 15) is 9.18 Å². The number of rotatable bonds is 7. The van der Waals surface area contributed by atoms with E-state index in [-0.39, 0.29) is 24.0 Å². The number of aromatic nitrogens is 4. The zero-order valence-electron chi connectivity index (χ0n) is 15.9. The largest absolute Gasteiger partial charge is 0.351 e. The third-order valence-electron chi connectivity index (χ3n) is 4.33. The second-order valence-corrected chi connectivity index (χ2v) is 7.32. The van der Waals surface area contributed by atoms with E-state index < -0.39 is 0 Å². The van der Waals surface area contributed by atoms with Crippen LogP contribution in [0.15, 0.2) is 84.3 Å². The molecular weight excluding hydrogens is 401 g/mol. The van der Waals surface area contributed by atoms with Crippen LogP contribution in [0.5, 0.6) is 0 Å². The van der Waals surface area contributed by atoms with Gasteiger partial charge in [0, 0.05) is 35.8 Å². The third-order valence-corrected chi connectivity index (χ3v) is 5.26. The molecule has 0 bridgehead atoms. The third kappa shape index (κ3) is 4.55. The van der Waals surface area contributed by atoms with Crippen LogP contribution in [0, 0.1) is 5.82 Å². The average Bonchev–Trinajstić information content (AvgIpc) is 3.22. The molecule has 0 fully saturated rings. The highest BCUT2D eigenvalue weighted by molar-refractivity contribution is 7.99. The number of hydrogen-bond donors (Lipinski definition) is 1. The van der Waals surface area contributed by atoms with Crippen molar-refractivity contribution in [2.45, 2.75) is 11.7 Å². The van der Waals surface area contributed by atoms with Gasteiger partial charge in [0.1, 0.15) is 5.82 Å². The summed E-state index contributed by atoms with van der Waals surface area (Å²) in [5, 5.41) is 11.9. The van der Waals surface area contributed by atoms with Gasteiger partial charge in [0.25, 0.3) is 0 Å². The van der Waals surface area contributed by atoms with Crippen molar-refractivity contribution in [3.05, 3.63) is 90.5 Å². The highest BCUT2D eigenvalue weighted by Gasteiger charge is 2.17. The maximum Gasteiger partial charge on any atom is 0.230 e. The number of carbonyl (C=O) groups is 1. The summed E-state index contributed by atoms with van der Waals surface area (Å²) in [5.74, 6) is 0.222. The van der Waals surface area contributed by atoms with Gasteiger partial charge in [-0.1, -0.05) is 48.2 Å². The molecule has 4 aromatic rings. The van der Waals surface area contributed by atoms with Crippen molar-refractivity contribution < 1.29 is 9.18 Å². The number of pyridine rings is 1. The van der Waals surface area contributed by atoms with Gasteiger partial charge < -0.3 is 5.32 Å². The number of nitrogens with zero attached hydrogens (tertiary/aromatic N) is 4. The van der Waals surface area contributed by atoms with Crippen LogP contribution in [0.1, 0.15) is 5.56 Å². The van der Waals surface area contributed by atoms with E-state index in [4.69, 9.17) is 0 Å². The summed E-state index contributed by atoms with van der Waals surface area (Å²) in [5.41, 5.74) is 2.16. The monoisotopic (exact) mass is 419 g/mol. The molecule has 0 saturated heterocycles. The normalized spacial score (nSPS) is 10.7. The molecular formula is C22H18FN5OS. The van der Waals surface area contributed by atoms with Gasteiger partial charge in [-0.3, -0.25) is 14.3 Å². The molecule has 0 aliphatic rings. The smallest absolute Gasteiger partial charge is 0.230 e. The number of halogens is 1. The van der Waals surface area contributed by atoms with Crippen LogP contribution in [0.4, 0.5) is 4.39 Å². The highest BCUT2D eigenvalue weighted by atomic mass is 32.2. The molecule has 2 aromatic carbocycles. The number of hydrogen-bond acceptors (Lipinski definition) is 5. The lowest BCUT2D eigenvalue weighted by atomic mass is 10.2. The van der Waals surface area contributed by atoms with E-state index in [1.54, 1.807) is 30.6 Å². The van der Waals surface area contributed by atoms with Crippen LogP contribution in [-0.4, -0.2) is 31.4 Å². The number of carbonyl (C=O) groups excluding carboxylic acids is 1. The van der Waals surface area contributed by atoms with Gasteiger partial charge in [-0.15, -0.1) is 10.2 Å². The fraction of sp³-hybridized carbons (Fsp3) is 0.0909. The minimum absolute atomic E-state index is 0.131. The Morgan fingerprint density at radius 2 is 1.80 bits per heavy atom. The molecule has 0 atom stereocenters. The fourth-order valence-corrected chi connectivity index (χ4v) is 3.65. The zero-order chi connectivity index (χ0) is 20.8. The van der Waals surface area contributed by atoms with Gasteiger partial charge in [0.15, 0.2) is 11.0 Å². The van der Waals surface area contributed by atoms with Gasteiger partial charge in [0.05, 0.1) is 5.75 Å². The van der Waals surface area contributed by atoms with E-state index >= 15 is 0 Å². The first-order chi connectivity index (χ1) is 14.7. The molecule has 150 valence electrons. The van der Waals surface area contributed by atoms with Crippen LogP contribution in [-0.2, 0) is 11.3 Å². The lowest BCUT2D eigenvalue weighted by Crippen LogP contribution is -2.25. The Balaban J connectivity index is 1.51. The lowest BCUT2D eigenvalue weighted by molar-refractivity contribution is -0.118. The van der Waals surface area contributed by atoms with Crippen molar-refractivity contribution in [1.82, 2.24) is 25.1 Å². The van der Waals surface area contributed by atoms with Crippen molar-refractivity contribution in [2.75, 3.05) is 5.75 Å². The first-order valence-corrected chi connectivity index (χ1v) is 10.2. The molecule has 1 amide bonds.